The average molecular weight is 411 g/mol. The molecule has 0 aromatic rings. The van der Waals surface area contributed by atoms with Crippen molar-refractivity contribution in [3.05, 3.63) is 0 Å². The lowest BCUT2D eigenvalue weighted by atomic mass is 10.3. The first-order chi connectivity index (χ1) is 6.16. The summed E-state index contributed by atoms with van der Waals surface area (Å²) in [7, 11) is 0. The van der Waals surface area contributed by atoms with Crippen LogP contribution in [0.15, 0.2) is 0 Å². The van der Waals surface area contributed by atoms with Crippen molar-refractivity contribution in [1.82, 2.24) is 3.53 Å². The van der Waals surface area contributed by atoms with Gasteiger partial charge < -0.3 is 4.74 Å². The molecule has 0 aromatic carbocycles. The van der Waals surface area contributed by atoms with Crippen LogP contribution in [-0.2, 0) is 9.53 Å². The molecule has 5 heteroatoms. The first-order valence-corrected chi connectivity index (χ1v) is 6.62. The number of ether oxygens (including phenoxy) is 1. The molecule has 0 aliphatic rings. The van der Waals surface area contributed by atoms with Crippen LogP contribution in [0.4, 0.5) is 0 Å². The third kappa shape index (κ3) is 10.8. The van der Waals surface area contributed by atoms with Crippen molar-refractivity contribution >= 4 is 51.4 Å². The number of carbonyl (C=O) groups is 1. The van der Waals surface area contributed by atoms with Gasteiger partial charge in [0.05, 0.1) is 13.0 Å². The molecular formula is C8H15I2NO2. The average Bonchev–Trinajstić information content (AvgIpc) is 2.08. The molecule has 0 bridgehead atoms. The summed E-state index contributed by atoms with van der Waals surface area (Å²) in [4.78, 5) is 11.0. The van der Waals surface area contributed by atoms with Crippen LogP contribution in [0.3, 0.4) is 0 Å². The summed E-state index contributed by atoms with van der Waals surface area (Å²) in [6.07, 6.45) is 2.54. The third-order valence-corrected chi connectivity index (χ3v) is 2.60. The lowest BCUT2D eigenvalue weighted by molar-refractivity contribution is -0.143. The van der Waals surface area contributed by atoms with Gasteiger partial charge in [0.25, 0.3) is 0 Å². The van der Waals surface area contributed by atoms with E-state index in [4.69, 9.17) is 4.74 Å². The van der Waals surface area contributed by atoms with Crippen molar-refractivity contribution in [2.24, 2.45) is 0 Å². The maximum absolute atomic E-state index is 11.0. The summed E-state index contributed by atoms with van der Waals surface area (Å²) in [6.45, 7) is 3.40. The van der Waals surface area contributed by atoms with Gasteiger partial charge in [0.2, 0.25) is 0 Å². The molecule has 0 heterocycles. The maximum Gasteiger partial charge on any atom is 0.307 e. The number of esters is 1. The Bertz CT molecular complexity index is 142. The molecule has 0 saturated heterocycles. The molecule has 0 saturated carbocycles. The van der Waals surface area contributed by atoms with Crippen LogP contribution in [0.1, 0.15) is 26.2 Å². The van der Waals surface area contributed by atoms with E-state index in [1.165, 1.54) is 0 Å². The molecule has 0 fully saturated rings. The Labute approximate surface area is 107 Å². The lowest BCUT2D eigenvalue weighted by Crippen LogP contribution is -2.12. The highest BCUT2D eigenvalue weighted by Crippen LogP contribution is 2.06. The van der Waals surface area contributed by atoms with Crippen LogP contribution in [0.2, 0.25) is 0 Å². The summed E-state index contributed by atoms with van der Waals surface area (Å²) < 4.78 is 8.54. The second kappa shape index (κ2) is 9.45. The fourth-order valence-electron chi connectivity index (χ4n) is 0.772. The number of halogens is 2. The molecule has 3 nitrogen and oxygen atoms in total. The molecule has 1 N–H and O–H groups in total. The lowest BCUT2D eigenvalue weighted by Gasteiger charge is -2.05. The zero-order valence-corrected chi connectivity index (χ0v) is 12.0. The molecule has 0 radical (unpaired) electrons. The molecule has 78 valence electrons. The number of hydrogen-bond acceptors (Lipinski definition) is 3. The van der Waals surface area contributed by atoms with Crippen molar-refractivity contribution in [2.45, 2.75) is 30.1 Å². The number of alkyl halides is 1. The van der Waals surface area contributed by atoms with Crippen molar-refractivity contribution in [3.8, 4) is 0 Å². The van der Waals surface area contributed by atoms with E-state index in [1.807, 2.05) is 22.9 Å². The van der Waals surface area contributed by atoms with Crippen molar-refractivity contribution in [1.29, 1.82) is 0 Å². The van der Waals surface area contributed by atoms with Gasteiger partial charge in [0, 0.05) is 33.3 Å². The molecule has 1 unspecified atom stereocenters. The van der Waals surface area contributed by atoms with Gasteiger partial charge in [-0.15, -0.1) is 0 Å². The Balaban J connectivity index is 3.17. The zero-order valence-electron chi connectivity index (χ0n) is 7.69. The second-order valence-electron chi connectivity index (χ2n) is 2.78. The summed E-state index contributed by atoms with van der Waals surface area (Å²) in [5, 5.41) is 0. The normalized spacial score (nSPS) is 12.5. The highest BCUT2D eigenvalue weighted by molar-refractivity contribution is 14.1. The quantitative estimate of drug-likeness (QED) is 0.230. The first-order valence-electron chi connectivity index (χ1n) is 4.30. The molecule has 0 aromatic heterocycles. The Morgan fingerprint density at radius 3 is 2.85 bits per heavy atom. The number of rotatable bonds is 7. The summed E-state index contributed by atoms with van der Waals surface area (Å²) in [5.74, 6) is -0.106. The smallest absolute Gasteiger partial charge is 0.307 e. The van der Waals surface area contributed by atoms with Gasteiger partial charge in [-0.2, -0.15) is 0 Å². The third-order valence-electron chi connectivity index (χ3n) is 1.43. The van der Waals surface area contributed by atoms with Crippen LogP contribution >= 0.6 is 45.5 Å². The molecule has 1 atom stereocenters. The molecule has 0 rings (SSSR count). The highest BCUT2D eigenvalue weighted by Gasteiger charge is 2.01. The molecule has 0 amide bonds. The van der Waals surface area contributed by atoms with Gasteiger partial charge >= 0.3 is 5.97 Å². The largest absolute Gasteiger partial charge is 0.466 e. The van der Waals surface area contributed by atoms with Crippen LogP contribution in [0.5, 0.6) is 0 Å². The van der Waals surface area contributed by atoms with E-state index in [0.29, 0.717) is 23.5 Å². The van der Waals surface area contributed by atoms with Crippen molar-refractivity contribution < 1.29 is 9.53 Å². The Morgan fingerprint density at radius 2 is 2.31 bits per heavy atom. The van der Waals surface area contributed by atoms with E-state index in [0.717, 1.165) is 12.8 Å². The number of nitrogens with one attached hydrogen (secondary N) is 1. The first kappa shape index (κ1) is 13.9. The van der Waals surface area contributed by atoms with Gasteiger partial charge in [-0.05, 0) is 12.8 Å². The van der Waals surface area contributed by atoms with Crippen molar-refractivity contribution in [3.63, 3.8) is 0 Å². The second-order valence-corrected chi connectivity index (χ2v) is 5.67. The van der Waals surface area contributed by atoms with Gasteiger partial charge in [-0.25, -0.2) is 0 Å². The minimum atomic E-state index is -0.106. The van der Waals surface area contributed by atoms with Gasteiger partial charge in [-0.1, -0.05) is 29.5 Å². The monoisotopic (exact) mass is 411 g/mol. The minimum absolute atomic E-state index is 0.106. The molecular weight excluding hydrogens is 396 g/mol. The van der Waals surface area contributed by atoms with Crippen LogP contribution in [0, 0.1) is 0 Å². The van der Waals surface area contributed by atoms with Crippen LogP contribution in [-0.4, -0.2) is 23.0 Å². The maximum atomic E-state index is 11.0. The van der Waals surface area contributed by atoms with E-state index in [1.54, 1.807) is 0 Å². The highest BCUT2D eigenvalue weighted by atomic mass is 127. The fraction of sp³-hybridized carbons (Fsp3) is 0.875. The van der Waals surface area contributed by atoms with Crippen molar-refractivity contribution in [2.75, 3.05) is 13.2 Å². The minimum Gasteiger partial charge on any atom is -0.466 e. The van der Waals surface area contributed by atoms with E-state index >= 15 is 0 Å². The Hall–Kier alpha value is 0.890. The topological polar surface area (TPSA) is 38.3 Å². The zero-order chi connectivity index (χ0) is 10.1. The van der Waals surface area contributed by atoms with Gasteiger partial charge in [0.15, 0.2) is 0 Å². The summed E-state index contributed by atoms with van der Waals surface area (Å²) in [5.41, 5.74) is 0. The predicted molar refractivity (Wildman–Crippen MR) is 70.3 cm³/mol. The number of hydrogen-bond donors (Lipinski definition) is 1. The summed E-state index contributed by atoms with van der Waals surface area (Å²) in [6, 6.07) is 0. The van der Waals surface area contributed by atoms with E-state index in [9.17, 15) is 4.79 Å². The fourth-order valence-corrected chi connectivity index (χ4v) is 1.48. The van der Waals surface area contributed by atoms with E-state index in [2.05, 4.69) is 33.0 Å². The Kier molecular flexibility index (Phi) is 10.1. The molecule has 0 aliphatic carbocycles. The van der Waals surface area contributed by atoms with Crippen LogP contribution < -0.4 is 3.53 Å². The summed E-state index contributed by atoms with van der Waals surface area (Å²) >= 11 is 4.39. The van der Waals surface area contributed by atoms with Gasteiger partial charge in [-0.3, -0.25) is 8.32 Å². The van der Waals surface area contributed by atoms with E-state index in [-0.39, 0.29) is 5.97 Å². The number of carbonyl (C=O) groups excluding carboxylic acids is 1. The molecule has 0 spiro atoms. The standard InChI is InChI=1S/C8H15I2NO2/c1-7(9)3-2-6-13-8(12)4-5-11-10/h7,11H,2-6H2,1H3. The Morgan fingerprint density at radius 1 is 1.62 bits per heavy atom. The molecule has 13 heavy (non-hydrogen) atoms. The van der Waals surface area contributed by atoms with E-state index < -0.39 is 0 Å². The molecule has 0 aliphatic heterocycles. The predicted octanol–water partition coefficient (Wildman–Crippen LogP) is 2.46. The SMILES string of the molecule is CC(I)CCCOC(=O)CCNI. The van der Waals surface area contributed by atoms with Gasteiger partial charge in [0.1, 0.15) is 0 Å². The van der Waals surface area contributed by atoms with Crippen LogP contribution in [0.25, 0.3) is 0 Å².